The van der Waals surface area contributed by atoms with Gasteiger partial charge in [-0.15, -0.1) is 0 Å². The van der Waals surface area contributed by atoms with E-state index in [0.717, 1.165) is 18.5 Å². The molecular weight excluding hydrogens is 318 g/mol. The van der Waals surface area contributed by atoms with Crippen LogP contribution in [0.5, 0.6) is 0 Å². The molecule has 0 unspecified atom stereocenters. The molecule has 0 radical (unpaired) electrons. The van der Waals surface area contributed by atoms with Crippen molar-refractivity contribution in [3.63, 3.8) is 0 Å². The van der Waals surface area contributed by atoms with Crippen LogP contribution in [0.25, 0.3) is 0 Å². The van der Waals surface area contributed by atoms with Gasteiger partial charge < -0.3 is 4.90 Å². The monoisotopic (exact) mass is 337 g/mol. The second kappa shape index (κ2) is 7.61. The Bertz CT molecular complexity index is 772. The minimum absolute atomic E-state index is 0.110. The number of rotatable bonds is 3. The highest BCUT2D eigenvalue weighted by Gasteiger charge is 2.19. The van der Waals surface area contributed by atoms with E-state index in [-0.39, 0.29) is 11.8 Å². The Hall–Kier alpha value is -3.15. The summed E-state index contributed by atoms with van der Waals surface area (Å²) in [5.74, 6) is -0.691. The molecule has 2 aromatic rings. The Morgan fingerprint density at radius 2 is 1.40 bits per heavy atom. The van der Waals surface area contributed by atoms with Crippen molar-refractivity contribution in [1.82, 2.24) is 10.9 Å². The third-order valence-electron chi connectivity index (χ3n) is 4.09. The van der Waals surface area contributed by atoms with E-state index in [1.165, 1.54) is 0 Å². The molecule has 6 heteroatoms. The maximum absolute atomic E-state index is 12.1. The van der Waals surface area contributed by atoms with Crippen molar-refractivity contribution >= 4 is 23.4 Å². The standard InChI is InChI=1S/C19H19N3O3/c23-17-8-4-5-13-22(17)16-11-9-15(10-12-16)19(25)21-20-18(24)14-6-2-1-3-7-14/h1-3,6-7,9-12H,4-5,8,13H2,(H,20,24)(H,21,25). The maximum atomic E-state index is 12.1. The van der Waals surface area contributed by atoms with Crippen molar-refractivity contribution in [2.45, 2.75) is 19.3 Å². The zero-order chi connectivity index (χ0) is 17.6. The number of hydrogen-bond donors (Lipinski definition) is 2. The van der Waals surface area contributed by atoms with Gasteiger partial charge in [-0.3, -0.25) is 25.2 Å². The number of carbonyl (C=O) groups excluding carboxylic acids is 3. The summed E-state index contributed by atoms with van der Waals surface area (Å²) in [5.41, 5.74) is 6.42. The normalized spacial score (nSPS) is 14.1. The summed E-state index contributed by atoms with van der Waals surface area (Å²) >= 11 is 0. The third kappa shape index (κ3) is 4.03. The molecule has 0 aliphatic carbocycles. The summed E-state index contributed by atoms with van der Waals surface area (Å²) < 4.78 is 0. The number of carbonyl (C=O) groups is 3. The first-order valence-corrected chi connectivity index (χ1v) is 8.21. The molecule has 2 aromatic carbocycles. The highest BCUT2D eigenvalue weighted by Crippen LogP contribution is 2.21. The van der Waals surface area contributed by atoms with Crippen molar-refractivity contribution in [3.05, 3.63) is 65.7 Å². The van der Waals surface area contributed by atoms with Crippen molar-refractivity contribution in [2.75, 3.05) is 11.4 Å². The maximum Gasteiger partial charge on any atom is 0.269 e. The number of nitrogens with one attached hydrogen (secondary N) is 2. The third-order valence-corrected chi connectivity index (χ3v) is 4.09. The van der Waals surface area contributed by atoms with E-state index < -0.39 is 5.91 Å². The molecule has 0 bridgehead atoms. The minimum atomic E-state index is -0.416. The number of hydrogen-bond acceptors (Lipinski definition) is 3. The van der Waals surface area contributed by atoms with Crippen LogP contribution in [0.2, 0.25) is 0 Å². The molecule has 1 fully saturated rings. The number of piperidine rings is 1. The molecule has 1 heterocycles. The Morgan fingerprint density at radius 1 is 0.800 bits per heavy atom. The van der Waals surface area contributed by atoms with E-state index in [1.807, 2.05) is 6.07 Å². The molecule has 128 valence electrons. The van der Waals surface area contributed by atoms with Gasteiger partial charge in [-0.1, -0.05) is 18.2 Å². The summed E-state index contributed by atoms with van der Waals surface area (Å²) in [7, 11) is 0. The summed E-state index contributed by atoms with van der Waals surface area (Å²) in [6.07, 6.45) is 2.48. The second-order valence-corrected chi connectivity index (χ2v) is 5.82. The lowest BCUT2D eigenvalue weighted by Crippen LogP contribution is -2.41. The van der Waals surface area contributed by atoms with E-state index >= 15 is 0 Å². The van der Waals surface area contributed by atoms with Crippen LogP contribution >= 0.6 is 0 Å². The number of benzene rings is 2. The van der Waals surface area contributed by atoms with E-state index in [4.69, 9.17) is 0 Å². The van der Waals surface area contributed by atoms with E-state index in [0.29, 0.717) is 24.1 Å². The number of hydrazine groups is 1. The van der Waals surface area contributed by atoms with Crippen molar-refractivity contribution < 1.29 is 14.4 Å². The van der Waals surface area contributed by atoms with E-state index in [9.17, 15) is 14.4 Å². The van der Waals surface area contributed by atoms with Gasteiger partial charge in [-0.2, -0.15) is 0 Å². The Kier molecular flexibility index (Phi) is 5.09. The van der Waals surface area contributed by atoms with Crippen LogP contribution < -0.4 is 15.8 Å². The van der Waals surface area contributed by atoms with Crippen LogP contribution in [0.4, 0.5) is 5.69 Å². The second-order valence-electron chi connectivity index (χ2n) is 5.82. The van der Waals surface area contributed by atoms with Gasteiger partial charge in [0, 0.05) is 29.8 Å². The van der Waals surface area contributed by atoms with Gasteiger partial charge in [0.2, 0.25) is 5.91 Å². The van der Waals surface area contributed by atoms with Crippen LogP contribution in [0.1, 0.15) is 40.0 Å². The van der Waals surface area contributed by atoms with Crippen LogP contribution in [-0.4, -0.2) is 24.3 Å². The largest absolute Gasteiger partial charge is 0.312 e. The lowest BCUT2D eigenvalue weighted by Gasteiger charge is -2.26. The Morgan fingerprint density at radius 3 is 2.00 bits per heavy atom. The fraction of sp³-hybridized carbons (Fsp3) is 0.211. The molecule has 2 N–H and O–H groups in total. The quantitative estimate of drug-likeness (QED) is 0.844. The topological polar surface area (TPSA) is 78.5 Å². The highest BCUT2D eigenvalue weighted by molar-refractivity contribution is 5.99. The van der Waals surface area contributed by atoms with Gasteiger partial charge in [-0.25, -0.2) is 0 Å². The molecule has 0 aromatic heterocycles. The number of amides is 3. The van der Waals surface area contributed by atoms with Gasteiger partial charge in [-0.05, 0) is 49.2 Å². The van der Waals surface area contributed by atoms with Crippen LogP contribution in [0.15, 0.2) is 54.6 Å². The van der Waals surface area contributed by atoms with Crippen LogP contribution in [0, 0.1) is 0 Å². The molecule has 0 atom stereocenters. The van der Waals surface area contributed by atoms with Gasteiger partial charge in [0.05, 0.1) is 0 Å². The van der Waals surface area contributed by atoms with Crippen LogP contribution in [0.3, 0.4) is 0 Å². The molecule has 3 rings (SSSR count). The molecule has 1 aliphatic heterocycles. The molecular formula is C19H19N3O3. The molecule has 25 heavy (non-hydrogen) atoms. The van der Waals surface area contributed by atoms with E-state index in [2.05, 4.69) is 10.9 Å². The fourth-order valence-corrected chi connectivity index (χ4v) is 2.72. The first-order valence-electron chi connectivity index (χ1n) is 8.21. The van der Waals surface area contributed by atoms with Crippen molar-refractivity contribution in [1.29, 1.82) is 0 Å². The zero-order valence-electron chi connectivity index (χ0n) is 13.7. The molecule has 1 aliphatic rings. The molecule has 0 saturated carbocycles. The predicted octanol–water partition coefficient (Wildman–Crippen LogP) is 2.28. The first kappa shape index (κ1) is 16.7. The van der Waals surface area contributed by atoms with Gasteiger partial charge in [0.15, 0.2) is 0 Å². The van der Waals surface area contributed by atoms with Crippen molar-refractivity contribution in [3.8, 4) is 0 Å². The number of anilines is 1. The SMILES string of the molecule is O=C(NNC(=O)c1ccc(N2CCCCC2=O)cc1)c1ccccc1. The zero-order valence-corrected chi connectivity index (χ0v) is 13.7. The van der Waals surface area contributed by atoms with Gasteiger partial charge in [0.1, 0.15) is 0 Å². The van der Waals surface area contributed by atoms with Crippen molar-refractivity contribution in [2.24, 2.45) is 0 Å². The molecule has 1 saturated heterocycles. The van der Waals surface area contributed by atoms with Crippen LogP contribution in [-0.2, 0) is 4.79 Å². The lowest BCUT2D eigenvalue weighted by atomic mass is 10.1. The Balaban J connectivity index is 1.59. The predicted molar refractivity (Wildman–Crippen MR) is 94.0 cm³/mol. The summed E-state index contributed by atoms with van der Waals surface area (Å²) in [6, 6.07) is 15.4. The lowest BCUT2D eigenvalue weighted by molar-refractivity contribution is -0.119. The first-order chi connectivity index (χ1) is 12.1. The smallest absolute Gasteiger partial charge is 0.269 e. The minimum Gasteiger partial charge on any atom is -0.312 e. The Labute approximate surface area is 145 Å². The molecule has 3 amide bonds. The van der Waals surface area contributed by atoms with Gasteiger partial charge in [0.25, 0.3) is 11.8 Å². The summed E-state index contributed by atoms with van der Waals surface area (Å²) in [5, 5.41) is 0. The summed E-state index contributed by atoms with van der Waals surface area (Å²) in [6.45, 7) is 0.706. The summed E-state index contributed by atoms with van der Waals surface area (Å²) in [4.78, 5) is 37.7. The molecule has 0 spiro atoms. The van der Waals surface area contributed by atoms with Gasteiger partial charge >= 0.3 is 0 Å². The molecule has 6 nitrogen and oxygen atoms in total. The fourth-order valence-electron chi connectivity index (χ4n) is 2.72. The highest BCUT2D eigenvalue weighted by atomic mass is 16.2. The average molecular weight is 337 g/mol. The van der Waals surface area contributed by atoms with E-state index in [1.54, 1.807) is 53.4 Å². The number of nitrogens with zero attached hydrogens (tertiary/aromatic N) is 1. The average Bonchev–Trinajstić information content (AvgIpc) is 2.67.